The molecular formula is C20H16BrF3N2O4. The highest BCUT2D eigenvalue weighted by Crippen LogP contribution is 2.38. The van der Waals surface area contributed by atoms with E-state index in [0.29, 0.717) is 5.56 Å². The highest BCUT2D eigenvalue weighted by Gasteiger charge is 2.29. The summed E-state index contributed by atoms with van der Waals surface area (Å²) < 4.78 is 48.5. The van der Waals surface area contributed by atoms with Crippen LogP contribution in [-0.2, 0) is 4.79 Å². The van der Waals surface area contributed by atoms with E-state index in [9.17, 15) is 22.8 Å². The maximum atomic E-state index is 13.7. The summed E-state index contributed by atoms with van der Waals surface area (Å²) in [4.78, 5) is 26.0. The molecule has 1 heterocycles. The fraction of sp³-hybridized carbons (Fsp3) is 0.200. The Kier molecular flexibility index (Phi) is 6.66. The third-order valence-corrected chi connectivity index (χ3v) is 4.99. The average Bonchev–Trinajstić information content (AvgIpc) is 2.69. The van der Waals surface area contributed by atoms with Crippen molar-refractivity contribution in [1.29, 1.82) is 0 Å². The van der Waals surface area contributed by atoms with Crippen LogP contribution in [0.15, 0.2) is 53.1 Å². The number of hydrogen-bond donors (Lipinski definition) is 1. The number of hydrogen-bond acceptors (Lipinski definition) is 4. The van der Waals surface area contributed by atoms with Crippen LogP contribution >= 0.6 is 15.9 Å². The molecule has 1 N–H and O–H groups in total. The van der Waals surface area contributed by atoms with E-state index in [4.69, 9.17) is 4.74 Å². The molecule has 1 atom stereocenters. The van der Waals surface area contributed by atoms with E-state index >= 15 is 0 Å². The van der Waals surface area contributed by atoms with E-state index in [-0.39, 0.29) is 33.9 Å². The molecule has 2 aromatic rings. The van der Waals surface area contributed by atoms with Crippen LogP contribution in [0.2, 0.25) is 0 Å². The Morgan fingerprint density at radius 2 is 2.03 bits per heavy atom. The first-order valence-electron chi connectivity index (χ1n) is 8.66. The summed E-state index contributed by atoms with van der Waals surface area (Å²) >= 11 is 3.20. The summed E-state index contributed by atoms with van der Waals surface area (Å²) in [7, 11) is 1.27. The summed E-state index contributed by atoms with van der Waals surface area (Å²) in [5.74, 6) is -0.917. The van der Waals surface area contributed by atoms with Crippen molar-refractivity contribution in [1.82, 2.24) is 4.90 Å². The van der Waals surface area contributed by atoms with Gasteiger partial charge in [0, 0.05) is 29.2 Å². The second-order valence-electron chi connectivity index (χ2n) is 6.26. The number of ketones is 1. The van der Waals surface area contributed by atoms with Gasteiger partial charge < -0.3 is 14.8 Å². The quantitative estimate of drug-likeness (QED) is 0.628. The number of carbonyl (C=O) groups is 2. The number of ether oxygens (including phenoxy) is 2. The molecule has 0 aliphatic carbocycles. The zero-order valence-electron chi connectivity index (χ0n) is 15.6. The maximum absolute atomic E-state index is 13.7. The second-order valence-corrected chi connectivity index (χ2v) is 7.11. The molecule has 2 amide bonds. The van der Waals surface area contributed by atoms with Crippen molar-refractivity contribution in [3.05, 3.63) is 64.5 Å². The van der Waals surface area contributed by atoms with Crippen LogP contribution in [0.5, 0.6) is 11.5 Å². The van der Waals surface area contributed by atoms with Gasteiger partial charge in [0.2, 0.25) is 0 Å². The van der Waals surface area contributed by atoms with Gasteiger partial charge in [-0.05, 0) is 39.7 Å². The number of rotatable bonds is 5. The van der Waals surface area contributed by atoms with Gasteiger partial charge in [-0.15, -0.1) is 0 Å². The Balaban J connectivity index is 1.88. The number of amides is 2. The highest BCUT2D eigenvalue weighted by atomic mass is 79.9. The molecule has 0 saturated carbocycles. The van der Waals surface area contributed by atoms with Crippen LogP contribution in [0, 0.1) is 5.82 Å². The number of methoxy groups -OCH3 is 1. The number of halogens is 4. The van der Waals surface area contributed by atoms with Crippen molar-refractivity contribution < 1.29 is 32.2 Å². The Morgan fingerprint density at radius 1 is 1.27 bits per heavy atom. The Morgan fingerprint density at radius 3 is 2.70 bits per heavy atom. The predicted molar refractivity (Wildman–Crippen MR) is 106 cm³/mol. The van der Waals surface area contributed by atoms with Gasteiger partial charge >= 0.3 is 12.6 Å². The molecule has 0 spiro atoms. The number of urea groups is 1. The molecule has 30 heavy (non-hydrogen) atoms. The molecule has 3 rings (SSSR count). The smallest absolute Gasteiger partial charge is 0.387 e. The lowest BCUT2D eigenvalue weighted by Crippen LogP contribution is -2.37. The van der Waals surface area contributed by atoms with Crippen molar-refractivity contribution in [2.75, 3.05) is 12.4 Å². The Labute approximate surface area is 178 Å². The zero-order chi connectivity index (χ0) is 21.8. The minimum Gasteiger partial charge on any atom is -0.493 e. The van der Waals surface area contributed by atoms with Crippen LogP contribution in [0.1, 0.15) is 18.0 Å². The van der Waals surface area contributed by atoms with Crippen LogP contribution in [0.25, 0.3) is 0 Å². The number of carbonyl (C=O) groups excluding carboxylic acids is 2. The zero-order valence-corrected chi connectivity index (χ0v) is 17.2. The van der Waals surface area contributed by atoms with Gasteiger partial charge in [0.25, 0.3) is 0 Å². The maximum Gasteiger partial charge on any atom is 0.387 e. The van der Waals surface area contributed by atoms with E-state index in [1.165, 1.54) is 54.6 Å². The first kappa shape index (κ1) is 21.7. The normalized spacial score (nSPS) is 16.0. The van der Waals surface area contributed by atoms with Crippen molar-refractivity contribution >= 4 is 33.4 Å². The number of nitrogens with one attached hydrogen (secondary N) is 1. The van der Waals surface area contributed by atoms with Crippen LogP contribution in [-0.4, -0.2) is 30.4 Å². The topological polar surface area (TPSA) is 67.9 Å². The molecule has 158 valence electrons. The Hall–Kier alpha value is -3.01. The second kappa shape index (κ2) is 9.21. The molecule has 0 radical (unpaired) electrons. The molecule has 0 unspecified atom stereocenters. The van der Waals surface area contributed by atoms with E-state index in [0.717, 1.165) is 0 Å². The number of anilines is 1. The third kappa shape index (κ3) is 4.93. The Bertz CT molecular complexity index is 1000. The molecule has 1 aliphatic rings. The lowest BCUT2D eigenvalue weighted by Gasteiger charge is -2.31. The van der Waals surface area contributed by atoms with Gasteiger partial charge in [-0.1, -0.05) is 12.1 Å². The lowest BCUT2D eigenvalue weighted by molar-refractivity contribution is -0.116. The molecule has 6 nitrogen and oxygen atoms in total. The minimum absolute atomic E-state index is 0.0140. The standard InChI is InChI=1S/C20H16BrF3N2O4/c1-29-17-10-15(14(21)9-18(17)30-19(23)24)25-20(28)26-6-5-13(27)8-16(26)11-3-2-4-12(22)7-11/h2-7,9-10,16,19H,8H2,1H3,(H,25,28)/t16-/m0/s1. The van der Waals surface area contributed by atoms with Crippen molar-refractivity contribution in [2.45, 2.75) is 19.1 Å². The fourth-order valence-corrected chi connectivity index (χ4v) is 3.41. The average molecular weight is 485 g/mol. The monoisotopic (exact) mass is 484 g/mol. The predicted octanol–water partition coefficient (Wildman–Crippen LogP) is 5.26. The molecule has 0 fully saturated rings. The molecule has 1 aliphatic heterocycles. The molecule has 0 bridgehead atoms. The summed E-state index contributed by atoms with van der Waals surface area (Å²) in [6, 6.07) is 6.87. The van der Waals surface area contributed by atoms with E-state index in [1.54, 1.807) is 6.07 Å². The first-order chi connectivity index (χ1) is 14.3. The number of benzene rings is 2. The van der Waals surface area contributed by atoms with E-state index in [2.05, 4.69) is 26.0 Å². The van der Waals surface area contributed by atoms with Crippen molar-refractivity contribution in [3.8, 4) is 11.5 Å². The molecule has 0 aromatic heterocycles. The third-order valence-electron chi connectivity index (χ3n) is 4.33. The van der Waals surface area contributed by atoms with Crippen LogP contribution < -0.4 is 14.8 Å². The minimum atomic E-state index is -3.05. The van der Waals surface area contributed by atoms with Crippen molar-refractivity contribution in [2.24, 2.45) is 0 Å². The van der Waals surface area contributed by atoms with Gasteiger partial charge in [0.1, 0.15) is 5.82 Å². The number of nitrogens with zero attached hydrogens (tertiary/aromatic N) is 1. The van der Waals surface area contributed by atoms with Gasteiger partial charge in [-0.3, -0.25) is 9.69 Å². The van der Waals surface area contributed by atoms with Gasteiger partial charge in [-0.2, -0.15) is 8.78 Å². The first-order valence-corrected chi connectivity index (χ1v) is 9.46. The molecule has 2 aromatic carbocycles. The van der Waals surface area contributed by atoms with Crippen molar-refractivity contribution in [3.63, 3.8) is 0 Å². The van der Waals surface area contributed by atoms with Gasteiger partial charge in [0.15, 0.2) is 17.3 Å². The molecule has 10 heteroatoms. The highest BCUT2D eigenvalue weighted by molar-refractivity contribution is 9.10. The number of allylic oxidation sites excluding steroid dienone is 1. The van der Waals surface area contributed by atoms with E-state index < -0.39 is 24.5 Å². The van der Waals surface area contributed by atoms with Crippen LogP contribution in [0.4, 0.5) is 23.7 Å². The largest absolute Gasteiger partial charge is 0.493 e. The van der Waals surface area contributed by atoms with Gasteiger partial charge in [0.05, 0.1) is 18.8 Å². The SMILES string of the molecule is COc1cc(NC(=O)N2C=CC(=O)C[C@H]2c2cccc(F)c2)c(Br)cc1OC(F)F. The summed E-state index contributed by atoms with van der Waals surface area (Å²) in [6.07, 6.45) is 2.56. The summed E-state index contributed by atoms with van der Waals surface area (Å²) in [5.41, 5.74) is 0.682. The lowest BCUT2D eigenvalue weighted by atomic mass is 9.97. The molecular weight excluding hydrogens is 469 g/mol. The molecule has 0 saturated heterocycles. The van der Waals surface area contributed by atoms with Gasteiger partial charge in [-0.25, -0.2) is 9.18 Å². The fourth-order valence-electron chi connectivity index (χ4n) is 2.98. The summed E-state index contributed by atoms with van der Waals surface area (Å²) in [5, 5.41) is 2.63. The summed E-state index contributed by atoms with van der Waals surface area (Å²) in [6.45, 7) is -3.05. The van der Waals surface area contributed by atoms with Crippen LogP contribution in [0.3, 0.4) is 0 Å². The number of alkyl halides is 2. The van der Waals surface area contributed by atoms with E-state index in [1.807, 2.05) is 0 Å².